The number of hydroxylamine groups is 2. The van der Waals surface area contributed by atoms with Crippen LogP contribution in [0.4, 0.5) is 0 Å². The molecule has 0 unspecified atom stereocenters. The maximum atomic E-state index is 9.25. The molecule has 0 aromatic rings. The van der Waals surface area contributed by atoms with Crippen molar-refractivity contribution in [3.8, 4) is 0 Å². The fraction of sp³-hybridized carbons (Fsp3) is 1.00. The summed E-state index contributed by atoms with van der Waals surface area (Å²) in [6, 6.07) is 0. The first-order valence-electron chi connectivity index (χ1n) is 3.62. The Kier molecular flexibility index (Phi) is 2.49. The average molecular weight is 145 g/mol. The normalized spacial score (nSPS) is 14.4. The van der Waals surface area contributed by atoms with Crippen molar-refractivity contribution < 1.29 is 5.21 Å². The Labute approximate surface area is 63.8 Å². The third-order valence-electron chi connectivity index (χ3n) is 2.64. The highest BCUT2D eigenvalue weighted by Gasteiger charge is 2.35. The Morgan fingerprint density at radius 3 is 1.30 bits per heavy atom. The smallest absolute Gasteiger partial charge is 0.0449 e. The van der Waals surface area contributed by atoms with Crippen LogP contribution in [0.25, 0.3) is 0 Å². The first-order valence-corrected chi connectivity index (χ1v) is 3.62. The Balaban J connectivity index is 4.40. The summed E-state index contributed by atoms with van der Waals surface area (Å²) < 4.78 is 0. The van der Waals surface area contributed by atoms with Gasteiger partial charge in [0.05, 0.1) is 0 Å². The summed E-state index contributed by atoms with van der Waals surface area (Å²) in [5.74, 6) is 0. The molecule has 0 aliphatic rings. The topological polar surface area (TPSA) is 23.5 Å². The molecular weight excluding hydrogens is 126 g/mol. The van der Waals surface area contributed by atoms with Crippen molar-refractivity contribution in [2.45, 2.75) is 40.2 Å². The van der Waals surface area contributed by atoms with Crippen molar-refractivity contribution in [3.05, 3.63) is 0 Å². The van der Waals surface area contributed by atoms with Gasteiger partial charge >= 0.3 is 0 Å². The zero-order valence-corrected chi connectivity index (χ0v) is 7.89. The largest absolute Gasteiger partial charge is 0.314 e. The van der Waals surface area contributed by atoms with Crippen molar-refractivity contribution in [2.24, 2.45) is 5.41 Å². The standard InChI is InChI=1S/C8H19NO/c1-7(2,3)8(4,5)9(6)10/h10H,1-6H3. The van der Waals surface area contributed by atoms with E-state index in [9.17, 15) is 5.21 Å². The molecule has 0 bridgehead atoms. The molecule has 0 atom stereocenters. The lowest BCUT2D eigenvalue weighted by atomic mass is 9.76. The van der Waals surface area contributed by atoms with Gasteiger partial charge in [0.2, 0.25) is 0 Å². The molecule has 0 aliphatic heterocycles. The minimum absolute atomic E-state index is 0.0938. The highest BCUT2D eigenvalue weighted by molar-refractivity contribution is 4.87. The maximum absolute atomic E-state index is 9.25. The van der Waals surface area contributed by atoms with Crippen LogP contribution in [0.2, 0.25) is 0 Å². The van der Waals surface area contributed by atoms with Crippen LogP contribution in [0.5, 0.6) is 0 Å². The number of rotatable bonds is 1. The number of nitrogens with zero attached hydrogens (tertiary/aromatic N) is 1. The Bertz CT molecular complexity index is 111. The molecule has 0 aromatic carbocycles. The minimum atomic E-state index is -0.174. The highest BCUT2D eigenvalue weighted by Crippen LogP contribution is 2.32. The van der Waals surface area contributed by atoms with Crippen molar-refractivity contribution in [1.82, 2.24) is 5.06 Å². The lowest BCUT2D eigenvalue weighted by molar-refractivity contribution is -0.174. The molecule has 0 radical (unpaired) electrons. The minimum Gasteiger partial charge on any atom is -0.314 e. The molecule has 10 heavy (non-hydrogen) atoms. The fourth-order valence-electron chi connectivity index (χ4n) is 0.485. The SMILES string of the molecule is CN(O)C(C)(C)C(C)(C)C. The van der Waals surface area contributed by atoms with E-state index in [2.05, 4.69) is 20.8 Å². The van der Waals surface area contributed by atoms with Crippen LogP contribution in [0.15, 0.2) is 0 Å². The predicted octanol–water partition coefficient (Wildman–Crippen LogP) is 2.13. The molecule has 0 rings (SSSR count). The quantitative estimate of drug-likeness (QED) is 0.571. The molecule has 0 fully saturated rings. The number of hydrogen-bond acceptors (Lipinski definition) is 2. The molecule has 1 N–H and O–H groups in total. The fourth-order valence-corrected chi connectivity index (χ4v) is 0.485. The molecule has 0 aliphatic carbocycles. The molecule has 0 amide bonds. The lowest BCUT2D eigenvalue weighted by Crippen LogP contribution is -2.49. The second-order valence-corrected chi connectivity index (χ2v) is 4.33. The molecule has 0 saturated heterocycles. The van der Waals surface area contributed by atoms with Crippen LogP contribution in [-0.2, 0) is 0 Å². The second kappa shape index (κ2) is 2.51. The van der Waals surface area contributed by atoms with Crippen LogP contribution in [0.1, 0.15) is 34.6 Å². The monoisotopic (exact) mass is 145 g/mol. The summed E-state index contributed by atoms with van der Waals surface area (Å²) in [5, 5.41) is 10.5. The van der Waals surface area contributed by atoms with E-state index in [0.717, 1.165) is 0 Å². The third-order valence-corrected chi connectivity index (χ3v) is 2.64. The van der Waals surface area contributed by atoms with Crippen molar-refractivity contribution in [1.29, 1.82) is 0 Å². The van der Waals surface area contributed by atoms with Crippen LogP contribution in [0, 0.1) is 5.41 Å². The van der Waals surface area contributed by atoms with Crippen LogP contribution < -0.4 is 0 Å². The predicted molar refractivity (Wildman–Crippen MR) is 43.1 cm³/mol. The summed E-state index contributed by atoms with van der Waals surface area (Å²) in [5.41, 5.74) is -0.0799. The summed E-state index contributed by atoms with van der Waals surface area (Å²) in [7, 11) is 1.69. The first-order chi connectivity index (χ1) is 4.19. The van der Waals surface area contributed by atoms with E-state index < -0.39 is 0 Å². The van der Waals surface area contributed by atoms with Crippen LogP contribution >= 0.6 is 0 Å². The summed E-state index contributed by atoms with van der Waals surface area (Å²) in [6.45, 7) is 10.4. The lowest BCUT2D eigenvalue weighted by Gasteiger charge is -2.42. The zero-order chi connectivity index (χ0) is 8.58. The van der Waals surface area contributed by atoms with Gasteiger partial charge in [0, 0.05) is 12.6 Å². The molecular formula is C8H19NO. The van der Waals surface area contributed by atoms with Gasteiger partial charge in [0.1, 0.15) is 0 Å². The summed E-state index contributed by atoms with van der Waals surface area (Å²) in [6.07, 6.45) is 0. The Hall–Kier alpha value is -0.0800. The number of hydrogen-bond donors (Lipinski definition) is 1. The molecule has 62 valence electrons. The van der Waals surface area contributed by atoms with Gasteiger partial charge in [0.25, 0.3) is 0 Å². The van der Waals surface area contributed by atoms with Gasteiger partial charge in [-0.2, -0.15) is 5.06 Å². The zero-order valence-electron chi connectivity index (χ0n) is 7.89. The van der Waals surface area contributed by atoms with Gasteiger partial charge < -0.3 is 5.21 Å². The third kappa shape index (κ3) is 1.70. The van der Waals surface area contributed by atoms with E-state index in [1.54, 1.807) is 7.05 Å². The molecule has 2 heteroatoms. The molecule has 0 aromatic heterocycles. The van der Waals surface area contributed by atoms with Gasteiger partial charge in [-0.05, 0) is 19.3 Å². The van der Waals surface area contributed by atoms with Gasteiger partial charge in [-0.1, -0.05) is 20.8 Å². The van der Waals surface area contributed by atoms with E-state index in [1.807, 2.05) is 13.8 Å². The summed E-state index contributed by atoms with van der Waals surface area (Å²) in [4.78, 5) is 0. The van der Waals surface area contributed by atoms with Gasteiger partial charge in [-0.15, -0.1) is 0 Å². The highest BCUT2D eigenvalue weighted by atomic mass is 16.5. The molecule has 2 nitrogen and oxygen atoms in total. The van der Waals surface area contributed by atoms with E-state index in [0.29, 0.717) is 0 Å². The summed E-state index contributed by atoms with van der Waals surface area (Å²) >= 11 is 0. The van der Waals surface area contributed by atoms with E-state index in [-0.39, 0.29) is 11.0 Å². The van der Waals surface area contributed by atoms with E-state index in [1.165, 1.54) is 5.06 Å². The molecule has 0 spiro atoms. The Morgan fingerprint density at radius 1 is 1.00 bits per heavy atom. The van der Waals surface area contributed by atoms with E-state index >= 15 is 0 Å². The first kappa shape index (κ1) is 9.92. The molecule has 0 heterocycles. The van der Waals surface area contributed by atoms with Gasteiger partial charge in [-0.3, -0.25) is 0 Å². The second-order valence-electron chi connectivity index (χ2n) is 4.33. The average Bonchev–Trinajstić information content (AvgIpc) is 1.62. The Morgan fingerprint density at radius 2 is 1.30 bits per heavy atom. The maximum Gasteiger partial charge on any atom is 0.0449 e. The van der Waals surface area contributed by atoms with Gasteiger partial charge in [0.15, 0.2) is 0 Å². The molecule has 0 saturated carbocycles. The van der Waals surface area contributed by atoms with Crippen molar-refractivity contribution in [3.63, 3.8) is 0 Å². The van der Waals surface area contributed by atoms with Crippen molar-refractivity contribution >= 4 is 0 Å². The van der Waals surface area contributed by atoms with Crippen LogP contribution in [-0.4, -0.2) is 22.9 Å². The van der Waals surface area contributed by atoms with Gasteiger partial charge in [-0.25, -0.2) is 0 Å². The van der Waals surface area contributed by atoms with Crippen LogP contribution in [0.3, 0.4) is 0 Å². The van der Waals surface area contributed by atoms with E-state index in [4.69, 9.17) is 0 Å². The van der Waals surface area contributed by atoms with Crippen molar-refractivity contribution in [2.75, 3.05) is 7.05 Å².